The van der Waals surface area contributed by atoms with Crippen LogP contribution in [-0.4, -0.2) is 22.2 Å². The number of carbonyl (C=O) groups excluding carboxylic acids is 1. The zero-order valence-corrected chi connectivity index (χ0v) is 10.7. The van der Waals surface area contributed by atoms with Crippen molar-refractivity contribution in [1.82, 2.24) is 4.57 Å². The third-order valence-corrected chi connectivity index (χ3v) is 3.45. The van der Waals surface area contributed by atoms with E-state index >= 15 is 0 Å². The van der Waals surface area contributed by atoms with Crippen LogP contribution in [0.25, 0.3) is 16.7 Å². The summed E-state index contributed by atoms with van der Waals surface area (Å²) in [6.07, 6.45) is 0.496. The van der Waals surface area contributed by atoms with Gasteiger partial charge in [0, 0.05) is 23.9 Å². The normalized spacial score (nSPS) is 14.6. The minimum Gasteiger partial charge on any atom is -0.505 e. The molecule has 0 radical (unpaired) electrons. The summed E-state index contributed by atoms with van der Waals surface area (Å²) < 4.78 is 7.01. The maximum atomic E-state index is 11.8. The lowest BCUT2D eigenvalue weighted by Gasteiger charge is -2.19. The van der Waals surface area contributed by atoms with E-state index in [1.54, 1.807) is 6.92 Å². The standard InChI is InChI=1S/C15H15NO3/c1-2-19-15(18)11-7-8-16-12-6-4-3-5-10(12)9-13(16)14(11)17/h3-6,9,17H,2,7-8H2,1H3. The summed E-state index contributed by atoms with van der Waals surface area (Å²) in [7, 11) is 0. The van der Waals surface area contributed by atoms with E-state index in [-0.39, 0.29) is 5.76 Å². The highest BCUT2D eigenvalue weighted by atomic mass is 16.5. The zero-order chi connectivity index (χ0) is 13.4. The summed E-state index contributed by atoms with van der Waals surface area (Å²) >= 11 is 0. The van der Waals surface area contributed by atoms with Gasteiger partial charge in [-0.2, -0.15) is 0 Å². The average molecular weight is 257 g/mol. The van der Waals surface area contributed by atoms with E-state index in [4.69, 9.17) is 4.74 Å². The molecule has 0 bridgehead atoms. The van der Waals surface area contributed by atoms with Gasteiger partial charge in [-0.15, -0.1) is 0 Å². The second-order valence-corrected chi connectivity index (χ2v) is 4.54. The molecule has 1 N–H and O–H groups in total. The minimum atomic E-state index is -0.420. The van der Waals surface area contributed by atoms with Crippen LogP contribution >= 0.6 is 0 Å². The van der Waals surface area contributed by atoms with Crippen LogP contribution in [0.5, 0.6) is 0 Å². The molecule has 19 heavy (non-hydrogen) atoms. The number of fused-ring (bicyclic) bond motifs is 3. The molecule has 1 aromatic carbocycles. The number of esters is 1. The van der Waals surface area contributed by atoms with E-state index in [2.05, 4.69) is 0 Å². The fourth-order valence-electron chi connectivity index (χ4n) is 2.56. The summed E-state index contributed by atoms with van der Waals surface area (Å²) in [4.78, 5) is 11.8. The molecule has 98 valence electrons. The number of hydrogen-bond acceptors (Lipinski definition) is 3. The van der Waals surface area contributed by atoms with Crippen molar-refractivity contribution < 1.29 is 14.6 Å². The maximum Gasteiger partial charge on any atom is 0.337 e. The molecule has 0 spiro atoms. The van der Waals surface area contributed by atoms with Gasteiger partial charge in [-0.05, 0) is 19.1 Å². The highest BCUT2D eigenvalue weighted by Gasteiger charge is 2.25. The van der Waals surface area contributed by atoms with Gasteiger partial charge in [-0.25, -0.2) is 4.79 Å². The zero-order valence-electron chi connectivity index (χ0n) is 10.7. The van der Waals surface area contributed by atoms with Crippen molar-refractivity contribution in [3.05, 3.63) is 41.6 Å². The molecule has 1 aliphatic rings. The van der Waals surface area contributed by atoms with Gasteiger partial charge in [0.15, 0.2) is 0 Å². The lowest BCUT2D eigenvalue weighted by molar-refractivity contribution is -0.138. The first-order valence-corrected chi connectivity index (χ1v) is 6.40. The molecule has 2 heterocycles. The molecule has 0 saturated carbocycles. The lowest BCUT2D eigenvalue weighted by Crippen LogP contribution is -2.18. The van der Waals surface area contributed by atoms with Crippen molar-refractivity contribution in [2.75, 3.05) is 6.61 Å². The van der Waals surface area contributed by atoms with Crippen molar-refractivity contribution in [3.63, 3.8) is 0 Å². The number of aliphatic hydroxyl groups is 1. The molecule has 0 fully saturated rings. The topological polar surface area (TPSA) is 51.5 Å². The van der Waals surface area contributed by atoms with Crippen molar-refractivity contribution in [1.29, 1.82) is 0 Å². The molecular formula is C15H15NO3. The molecule has 0 saturated heterocycles. The fourth-order valence-corrected chi connectivity index (χ4v) is 2.56. The van der Waals surface area contributed by atoms with Crippen LogP contribution in [0, 0.1) is 0 Å². The molecular weight excluding hydrogens is 242 g/mol. The van der Waals surface area contributed by atoms with Crippen molar-refractivity contribution in [3.8, 4) is 0 Å². The molecule has 0 atom stereocenters. The number of rotatable bonds is 2. The molecule has 4 heteroatoms. The second kappa shape index (κ2) is 4.46. The van der Waals surface area contributed by atoms with Crippen molar-refractivity contribution in [2.24, 2.45) is 0 Å². The van der Waals surface area contributed by atoms with Crippen LogP contribution in [0.4, 0.5) is 0 Å². The van der Waals surface area contributed by atoms with Crippen LogP contribution in [0.1, 0.15) is 19.0 Å². The summed E-state index contributed by atoms with van der Waals surface area (Å²) in [5, 5.41) is 11.3. The van der Waals surface area contributed by atoms with E-state index in [1.807, 2.05) is 34.9 Å². The Labute approximate surface area is 110 Å². The van der Waals surface area contributed by atoms with Gasteiger partial charge < -0.3 is 14.4 Å². The highest BCUT2D eigenvalue weighted by Crippen LogP contribution is 2.31. The molecule has 3 rings (SSSR count). The number of aromatic nitrogens is 1. The predicted octanol–water partition coefficient (Wildman–Crippen LogP) is 2.88. The number of para-hydroxylation sites is 1. The summed E-state index contributed by atoms with van der Waals surface area (Å²) in [6.45, 7) is 2.76. The van der Waals surface area contributed by atoms with E-state index in [1.165, 1.54) is 0 Å². The smallest absolute Gasteiger partial charge is 0.337 e. The van der Waals surface area contributed by atoms with E-state index in [0.717, 1.165) is 10.9 Å². The summed E-state index contributed by atoms with van der Waals surface area (Å²) in [6, 6.07) is 9.85. The number of benzene rings is 1. The number of aliphatic hydroxyl groups excluding tert-OH is 1. The molecule has 2 aromatic rings. The van der Waals surface area contributed by atoms with Crippen LogP contribution < -0.4 is 0 Å². The number of carbonyl (C=O) groups is 1. The van der Waals surface area contributed by atoms with Crippen LogP contribution in [-0.2, 0) is 16.1 Å². The third-order valence-electron chi connectivity index (χ3n) is 3.45. The van der Waals surface area contributed by atoms with Crippen molar-refractivity contribution >= 4 is 22.6 Å². The predicted molar refractivity (Wildman–Crippen MR) is 72.7 cm³/mol. The largest absolute Gasteiger partial charge is 0.505 e. The van der Waals surface area contributed by atoms with Gasteiger partial charge in [-0.3, -0.25) is 0 Å². The minimum absolute atomic E-state index is 0.0425. The second-order valence-electron chi connectivity index (χ2n) is 4.54. The Hall–Kier alpha value is -2.23. The number of aryl methyl sites for hydroxylation is 1. The van der Waals surface area contributed by atoms with Crippen molar-refractivity contribution in [2.45, 2.75) is 19.9 Å². The van der Waals surface area contributed by atoms with E-state index < -0.39 is 5.97 Å². The number of ether oxygens (including phenoxy) is 1. The average Bonchev–Trinajstić information content (AvgIpc) is 2.79. The third kappa shape index (κ3) is 1.80. The summed E-state index contributed by atoms with van der Waals surface area (Å²) in [5.74, 6) is -0.377. The van der Waals surface area contributed by atoms with Gasteiger partial charge in [0.1, 0.15) is 5.76 Å². The van der Waals surface area contributed by atoms with Gasteiger partial charge in [0.05, 0.1) is 17.9 Å². The first-order chi connectivity index (χ1) is 9.22. The first kappa shape index (κ1) is 11.8. The number of nitrogens with zero attached hydrogens (tertiary/aromatic N) is 1. The Bertz CT molecular complexity index is 682. The van der Waals surface area contributed by atoms with Crippen LogP contribution in [0.2, 0.25) is 0 Å². The molecule has 1 aromatic heterocycles. The van der Waals surface area contributed by atoms with Crippen LogP contribution in [0.3, 0.4) is 0 Å². The first-order valence-electron chi connectivity index (χ1n) is 6.40. The fraction of sp³-hybridized carbons (Fsp3) is 0.267. The SMILES string of the molecule is CCOC(=O)C1=C(O)c2cc3ccccc3n2CC1. The summed E-state index contributed by atoms with van der Waals surface area (Å²) in [5.41, 5.74) is 2.14. The van der Waals surface area contributed by atoms with E-state index in [0.29, 0.717) is 30.8 Å². The van der Waals surface area contributed by atoms with Gasteiger partial charge in [-0.1, -0.05) is 18.2 Å². The molecule has 4 nitrogen and oxygen atoms in total. The molecule has 0 unspecified atom stereocenters. The molecule has 1 aliphatic heterocycles. The highest BCUT2D eigenvalue weighted by molar-refractivity contribution is 5.98. The van der Waals surface area contributed by atoms with Gasteiger partial charge >= 0.3 is 5.97 Å². The van der Waals surface area contributed by atoms with Gasteiger partial charge in [0.25, 0.3) is 0 Å². The Morgan fingerprint density at radius 3 is 3.00 bits per heavy atom. The quantitative estimate of drug-likeness (QED) is 0.842. The maximum absolute atomic E-state index is 11.8. The molecule has 0 aliphatic carbocycles. The lowest BCUT2D eigenvalue weighted by atomic mass is 10.1. The van der Waals surface area contributed by atoms with E-state index in [9.17, 15) is 9.90 Å². The molecule has 0 amide bonds. The Balaban J connectivity index is 2.13. The number of hydrogen-bond donors (Lipinski definition) is 1. The Kier molecular flexibility index (Phi) is 2.78. The Morgan fingerprint density at radius 2 is 2.21 bits per heavy atom. The van der Waals surface area contributed by atoms with Gasteiger partial charge in [0.2, 0.25) is 0 Å². The van der Waals surface area contributed by atoms with Crippen LogP contribution in [0.15, 0.2) is 35.9 Å². The monoisotopic (exact) mass is 257 g/mol. The Morgan fingerprint density at radius 1 is 1.42 bits per heavy atom.